The number of hydrogen-bond acceptors (Lipinski definition) is 4. The van der Waals surface area contributed by atoms with Crippen LogP contribution in [0.2, 0.25) is 0 Å². The Morgan fingerprint density at radius 3 is 2.95 bits per heavy atom. The van der Waals surface area contributed by atoms with E-state index in [1.54, 1.807) is 0 Å². The van der Waals surface area contributed by atoms with Crippen LogP contribution >= 0.6 is 0 Å². The maximum atomic E-state index is 6.03. The molecule has 1 saturated carbocycles. The molecule has 2 unspecified atom stereocenters. The van der Waals surface area contributed by atoms with Gasteiger partial charge in [-0.3, -0.25) is 4.98 Å². The lowest BCUT2D eigenvalue weighted by molar-refractivity contribution is 0.0899. The van der Waals surface area contributed by atoms with Gasteiger partial charge in [0.05, 0.1) is 23.3 Å². The molecule has 2 fully saturated rings. The molecule has 104 valence electrons. The lowest BCUT2D eigenvalue weighted by atomic mass is 10.0. The third-order valence-electron chi connectivity index (χ3n) is 4.37. The average Bonchev–Trinajstić information content (AvgIpc) is 3.22. The molecular formula is C16H19N3O. The molecule has 0 amide bonds. The van der Waals surface area contributed by atoms with Gasteiger partial charge in [0.1, 0.15) is 0 Å². The van der Waals surface area contributed by atoms with Gasteiger partial charge in [-0.2, -0.15) is 0 Å². The molecule has 4 rings (SSSR count). The fraction of sp³-hybridized carbons (Fsp3) is 0.438. The fourth-order valence-electron chi connectivity index (χ4n) is 3.17. The first kappa shape index (κ1) is 12.0. The highest BCUT2D eigenvalue weighted by atomic mass is 16.5. The van der Waals surface area contributed by atoms with Gasteiger partial charge >= 0.3 is 0 Å². The van der Waals surface area contributed by atoms with Crippen molar-refractivity contribution in [2.24, 2.45) is 5.92 Å². The molecule has 2 heterocycles. The van der Waals surface area contributed by atoms with Gasteiger partial charge in [-0.1, -0.05) is 0 Å². The molecule has 0 spiro atoms. The van der Waals surface area contributed by atoms with Gasteiger partial charge in [0.25, 0.3) is 0 Å². The summed E-state index contributed by atoms with van der Waals surface area (Å²) in [4.78, 5) is 4.49. The second-order valence-electron chi connectivity index (χ2n) is 5.81. The topological polar surface area (TPSA) is 60.2 Å². The van der Waals surface area contributed by atoms with Crippen LogP contribution in [0.1, 0.15) is 19.3 Å². The Hall–Kier alpha value is -1.81. The summed E-state index contributed by atoms with van der Waals surface area (Å²) >= 11 is 0. The Morgan fingerprint density at radius 1 is 1.20 bits per heavy atom. The number of pyridine rings is 1. The highest BCUT2D eigenvalue weighted by molar-refractivity contribution is 5.98. The molecule has 4 nitrogen and oxygen atoms in total. The van der Waals surface area contributed by atoms with Crippen molar-refractivity contribution in [1.82, 2.24) is 4.98 Å². The normalized spacial score (nSPS) is 26.0. The molecule has 1 aromatic heterocycles. The van der Waals surface area contributed by atoms with E-state index in [1.165, 1.54) is 12.8 Å². The zero-order valence-electron chi connectivity index (χ0n) is 11.4. The summed E-state index contributed by atoms with van der Waals surface area (Å²) in [5.74, 6) is 0.753. The van der Waals surface area contributed by atoms with Gasteiger partial charge in [-0.05, 0) is 49.4 Å². The second-order valence-corrected chi connectivity index (χ2v) is 5.81. The van der Waals surface area contributed by atoms with Gasteiger partial charge in [0.2, 0.25) is 0 Å². The number of nitrogens with zero attached hydrogens (tertiary/aromatic N) is 1. The third kappa shape index (κ3) is 2.00. The van der Waals surface area contributed by atoms with Crippen LogP contribution in [0.5, 0.6) is 0 Å². The van der Waals surface area contributed by atoms with E-state index in [4.69, 9.17) is 10.5 Å². The minimum absolute atomic E-state index is 0.367. The molecule has 1 aliphatic carbocycles. The number of hydrogen-bond donors (Lipinski definition) is 2. The largest absolute Gasteiger partial charge is 0.398 e. The number of ether oxygens (including phenoxy) is 1. The maximum absolute atomic E-state index is 6.03. The SMILES string of the molecule is Nc1ccc(NC2CCOC2C2CC2)c2ncccc12. The average molecular weight is 269 g/mol. The first-order valence-electron chi connectivity index (χ1n) is 7.34. The van der Waals surface area contributed by atoms with Gasteiger partial charge < -0.3 is 15.8 Å². The van der Waals surface area contributed by atoms with Crippen LogP contribution in [0.4, 0.5) is 11.4 Å². The van der Waals surface area contributed by atoms with Crippen LogP contribution in [0.15, 0.2) is 30.5 Å². The molecule has 0 radical (unpaired) electrons. The zero-order valence-corrected chi connectivity index (χ0v) is 11.4. The summed E-state index contributed by atoms with van der Waals surface area (Å²) in [6.07, 6.45) is 5.87. The van der Waals surface area contributed by atoms with Gasteiger partial charge in [-0.15, -0.1) is 0 Å². The highest BCUT2D eigenvalue weighted by Gasteiger charge is 2.40. The number of aromatic nitrogens is 1. The van der Waals surface area contributed by atoms with Crippen molar-refractivity contribution < 1.29 is 4.74 Å². The van der Waals surface area contributed by atoms with E-state index < -0.39 is 0 Å². The number of fused-ring (bicyclic) bond motifs is 1. The monoisotopic (exact) mass is 269 g/mol. The number of anilines is 2. The number of rotatable bonds is 3. The van der Waals surface area contributed by atoms with E-state index in [0.29, 0.717) is 12.1 Å². The predicted molar refractivity (Wildman–Crippen MR) is 80.6 cm³/mol. The van der Waals surface area contributed by atoms with Gasteiger partial charge in [0, 0.05) is 23.9 Å². The quantitative estimate of drug-likeness (QED) is 0.841. The van der Waals surface area contributed by atoms with E-state index in [9.17, 15) is 0 Å². The predicted octanol–water partition coefficient (Wildman–Crippen LogP) is 2.80. The molecular weight excluding hydrogens is 250 g/mol. The van der Waals surface area contributed by atoms with E-state index in [2.05, 4.69) is 10.3 Å². The molecule has 2 aromatic rings. The van der Waals surface area contributed by atoms with Crippen molar-refractivity contribution in [3.63, 3.8) is 0 Å². The number of nitrogens with two attached hydrogens (primary N) is 1. The van der Waals surface area contributed by atoms with Crippen molar-refractivity contribution in [3.05, 3.63) is 30.5 Å². The summed E-state index contributed by atoms with van der Waals surface area (Å²) < 4.78 is 5.89. The van der Waals surface area contributed by atoms with E-state index >= 15 is 0 Å². The summed E-state index contributed by atoms with van der Waals surface area (Å²) in [6, 6.07) is 8.33. The number of nitrogen functional groups attached to an aromatic ring is 1. The van der Waals surface area contributed by atoms with Crippen molar-refractivity contribution >= 4 is 22.3 Å². The summed E-state index contributed by atoms with van der Waals surface area (Å²) in [6.45, 7) is 0.860. The maximum Gasteiger partial charge on any atom is 0.0953 e. The van der Waals surface area contributed by atoms with Crippen LogP contribution in [-0.4, -0.2) is 23.7 Å². The van der Waals surface area contributed by atoms with Crippen molar-refractivity contribution in [2.75, 3.05) is 17.7 Å². The Morgan fingerprint density at radius 2 is 2.10 bits per heavy atom. The lowest BCUT2D eigenvalue weighted by Crippen LogP contribution is -2.31. The smallest absolute Gasteiger partial charge is 0.0953 e. The van der Waals surface area contributed by atoms with Crippen LogP contribution in [0.3, 0.4) is 0 Å². The van der Waals surface area contributed by atoms with Crippen LogP contribution in [0.25, 0.3) is 10.9 Å². The second kappa shape index (κ2) is 4.63. The van der Waals surface area contributed by atoms with E-state index in [1.807, 2.05) is 30.5 Å². The molecule has 1 aromatic carbocycles. The minimum Gasteiger partial charge on any atom is -0.398 e. The molecule has 1 saturated heterocycles. The van der Waals surface area contributed by atoms with Crippen molar-refractivity contribution in [2.45, 2.75) is 31.4 Å². The summed E-state index contributed by atoms with van der Waals surface area (Å²) in [5, 5.41) is 4.65. The van der Waals surface area contributed by atoms with Crippen molar-refractivity contribution in [3.8, 4) is 0 Å². The first-order chi connectivity index (χ1) is 9.83. The zero-order chi connectivity index (χ0) is 13.5. The number of benzene rings is 1. The Balaban J connectivity index is 1.67. The van der Waals surface area contributed by atoms with E-state index in [0.717, 1.165) is 41.2 Å². The minimum atomic E-state index is 0.367. The molecule has 0 bridgehead atoms. The standard InChI is InChI=1S/C16H19N3O/c17-12-5-6-13(15-11(12)2-1-8-18-15)19-14-7-9-20-16(14)10-3-4-10/h1-2,5-6,8,10,14,16,19H,3-4,7,9,17H2. The molecule has 20 heavy (non-hydrogen) atoms. The fourth-order valence-corrected chi connectivity index (χ4v) is 3.17. The van der Waals surface area contributed by atoms with Gasteiger partial charge in [-0.25, -0.2) is 0 Å². The van der Waals surface area contributed by atoms with Crippen LogP contribution in [-0.2, 0) is 4.74 Å². The van der Waals surface area contributed by atoms with Crippen LogP contribution < -0.4 is 11.1 Å². The third-order valence-corrected chi connectivity index (χ3v) is 4.37. The summed E-state index contributed by atoms with van der Waals surface area (Å²) in [5.41, 5.74) is 8.82. The molecule has 4 heteroatoms. The Labute approximate surface area is 118 Å². The van der Waals surface area contributed by atoms with Crippen molar-refractivity contribution in [1.29, 1.82) is 0 Å². The highest BCUT2D eigenvalue weighted by Crippen LogP contribution is 2.40. The number of nitrogens with one attached hydrogen (secondary N) is 1. The lowest BCUT2D eigenvalue weighted by Gasteiger charge is -2.21. The molecule has 3 N–H and O–H groups in total. The van der Waals surface area contributed by atoms with Crippen LogP contribution in [0, 0.1) is 5.92 Å². The Bertz CT molecular complexity index is 639. The molecule has 2 aliphatic rings. The molecule has 2 atom stereocenters. The molecule has 1 aliphatic heterocycles. The Kier molecular flexibility index (Phi) is 2.77. The van der Waals surface area contributed by atoms with Gasteiger partial charge in [0.15, 0.2) is 0 Å². The van der Waals surface area contributed by atoms with E-state index in [-0.39, 0.29) is 0 Å². The summed E-state index contributed by atoms with van der Waals surface area (Å²) in [7, 11) is 0. The first-order valence-corrected chi connectivity index (χ1v) is 7.34.